The average molecular weight is 370 g/mol. The number of aromatic nitrogens is 2. The van der Waals surface area contributed by atoms with Gasteiger partial charge in [-0.15, -0.1) is 0 Å². The molecule has 3 heterocycles. The van der Waals surface area contributed by atoms with Gasteiger partial charge >= 0.3 is 0 Å². The first-order chi connectivity index (χ1) is 13.6. The number of nitrogens with two attached hydrogens (primary N) is 1. The van der Waals surface area contributed by atoms with Crippen LogP contribution < -0.4 is 10.6 Å². The first-order valence-corrected chi connectivity index (χ1v) is 8.59. The van der Waals surface area contributed by atoms with Crippen molar-refractivity contribution in [3.05, 3.63) is 78.1 Å². The van der Waals surface area contributed by atoms with E-state index >= 15 is 0 Å². The fraction of sp³-hybridized carbons (Fsp3) is 0. The van der Waals surface area contributed by atoms with Gasteiger partial charge in [0, 0.05) is 23.0 Å². The summed E-state index contributed by atoms with van der Waals surface area (Å²) >= 11 is 0. The van der Waals surface area contributed by atoms with Gasteiger partial charge in [0.2, 0.25) is 0 Å². The Hall–Kier alpha value is -4.13. The number of phenols is 1. The molecule has 0 spiro atoms. The molecule has 0 unspecified atom stereocenters. The molecule has 0 bridgehead atoms. The van der Waals surface area contributed by atoms with Gasteiger partial charge in [-0.1, -0.05) is 18.2 Å². The molecule has 136 valence electrons. The van der Waals surface area contributed by atoms with Gasteiger partial charge in [-0.2, -0.15) is 5.10 Å². The molecule has 3 N–H and O–H groups in total. The van der Waals surface area contributed by atoms with Crippen LogP contribution in [0.2, 0.25) is 0 Å². The normalized spacial score (nSPS) is 12.7. The summed E-state index contributed by atoms with van der Waals surface area (Å²) in [5.41, 5.74) is 9.29. The van der Waals surface area contributed by atoms with Crippen molar-refractivity contribution in [2.24, 2.45) is 5.73 Å². The maximum atomic E-state index is 13.5. The lowest BCUT2D eigenvalue weighted by molar-refractivity contribution is 0.0991. The predicted octanol–water partition coefficient (Wildman–Crippen LogP) is 3.10. The molecule has 1 aliphatic rings. The standard InChI is InChI=1S/C21H14N4O3/c22-20(27)16-11-23-24-10-9-17-19(24)18(16)14-3-1-2-4-15(14)21(28)25(17)12-5-7-13(26)8-6-12/h1-11,26H,(H2,22,27). The third-order valence-electron chi connectivity index (χ3n) is 4.91. The maximum absolute atomic E-state index is 13.5. The molecule has 0 saturated heterocycles. The van der Waals surface area contributed by atoms with E-state index in [0.29, 0.717) is 33.6 Å². The summed E-state index contributed by atoms with van der Waals surface area (Å²) in [6.45, 7) is 0. The van der Waals surface area contributed by atoms with Crippen LogP contribution >= 0.6 is 0 Å². The number of aromatic hydroxyl groups is 1. The lowest BCUT2D eigenvalue weighted by Gasteiger charge is -2.21. The number of hydrogen-bond donors (Lipinski definition) is 2. The van der Waals surface area contributed by atoms with Crippen LogP contribution in [-0.2, 0) is 0 Å². The summed E-state index contributed by atoms with van der Waals surface area (Å²) in [5.74, 6) is -0.759. The van der Waals surface area contributed by atoms with Gasteiger partial charge in [-0.3, -0.25) is 14.5 Å². The molecule has 2 aromatic carbocycles. The van der Waals surface area contributed by atoms with Gasteiger partial charge in [0.25, 0.3) is 11.8 Å². The lowest BCUT2D eigenvalue weighted by atomic mass is 9.96. The zero-order valence-corrected chi connectivity index (χ0v) is 14.5. The molecule has 0 saturated carbocycles. The van der Waals surface area contributed by atoms with Crippen molar-refractivity contribution >= 4 is 28.7 Å². The second kappa shape index (κ2) is 5.68. The molecule has 0 fully saturated rings. The quantitative estimate of drug-likeness (QED) is 0.566. The molecule has 2 amide bonds. The van der Waals surface area contributed by atoms with Crippen molar-refractivity contribution in [1.82, 2.24) is 9.61 Å². The zero-order chi connectivity index (χ0) is 19.4. The number of amides is 2. The second-order valence-electron chi connectivity index (χ2n) is 6.49. The Morgan fingerprint density at radius 2 is 1.71 bits per heavy atom. The van der Waals surface area contributed by atoms with Gasteiger partial charge in [0.05, 0.1) is 23.0 Å². The Morgan fingerprint density at radius 3 is 2.43 bits per heavy atom. The number of rotatable bonds is 2. The van der Waals surface area contributed by atoms with Gasteiger partial charge in [-0.05, 0) is 42.0 Å². The van der Waals surface area contributed by atoms with Crippen molar-refractivity contribution in [2.75, 3.05) is 4.90 Å². The van der Waals surface area contributed by atoms with E-state index in [9.17, 15) is 14.7 Å². The van der Waals surface area contributed by atoms with Crippen molar-refractivity contribution in [1.29, 1.82) is 0 Å². The van der Waals surface area contributed by atoms with Crippen LogP contribution in [0.25, 0.3) is 16.6 Å². The van der Waals surface area contributed by atoms with E-state index in [-0.39, 0.29) is 17.2 Å². The van der Waals surface area contributed by atoms with Crippen LogP contribution in [0.1, 0.15) is 20.7 Å². The van der Waals surface area contributed by atoms with E-state index in [1.54, 1.807) is 52.0 Å². The summed E-state index contributed by atoms with van der Waals surface area (Å²) in [6.07, 6.45) is 3.15. The Kier molecular flexibility index (Phi) is 3.26. The minimum absolute atomic E-state index is 0.103. The second-order valence-corrected chi connectivity index (χ2v) is 6.49. The van der Waals surface area contributed by atoms with Crippen LogP contribution in [0, 0.1) is 0 Å². The molecule has 7 nitrogen and oxygen atoms in total. The third-order valence-corrected chi connectivity index (χ3v) is 4.91. The number of primary amides is 1. The van der Waals surface area contributed by atoms with Gasteiger partial charge < -0.3 is 10.8 Å². The molecule has 1 aliphatic heterocycles. The average Bonchev–Trinajstić information content (AvgIpc) is 3.08. The number of hydrogen-bond acceptors (Lipinski definition) is 4. The van der Waals surface area contributed by atoms with Crippen molar-refractivity contribution < 1.29 is 14.7 Å². The predicted molar refractivity (Wildman–Crippen MR) is 104 cm³/mol. The number of benzene rings is 2. The zero-order valence-electron chi connectivity index (χ0n) is 14.5. The van der Waals surface area contributed by atoms with Crippen LogP contribution in [0.5, 0.6) is 5.75 Å². The van der Waals surface area contributed by atoms with Gasteiger partial charge in [0.1, 0.15) is 5.75 Å². The molecule has 28 heavy (non-hydrogen) atoms. The van der Waals surface area contributed by atoms with E-state index in [2.05, 4.69) is 5.10 Å². The number of anilines is 2. The number of nitrogens with zero attached hydrogens (tertiary/aromatic N) is 3. The Morgan fingerprint density at radius 1 is 1.00 bits per heavy atom. The molecular formula is C21H14N4O3. The van der Waals surface area contributed by atoms with E-state index in [1.807, 2.05) is 6.07 Å². The molecule has 4 aromatic rings. The molecule has 0 atom stereocenters. The largest absolute Gasteiger partial charge is 0.508 e. The SMILES string of the molecule is NC(=O)c1cnn2ccc3c2c1-c1ccccc1C(=O)N3c1ccc(O)cc1. The minimum Gasteiger partial charge on any atom is -0.508 e. The molecule has 5 rings (SSSR count). The number of phenolic OH excluding ortho intramolecular Hbond substituents is 1. The van der Waals surface area contributed by atoms with Crippen LogP contribution in [-0.4, -0.2) is 26.5 Å². The highest BCUT2D eigenvalue weighted by atomic mass is 16.3. The van der Waals surface area contributed by atoms with Crippen molar-refractivity contribution in [3.63, 3.8) is 0 Å². The fourth-order valence-electron chi connectivity index (χ4n) is 3.68. The highest BCUT2D eigenvalue weighted by Gasteiger charge is 2.32. The number of carbonyl (C=O) groups excluding carboxylic acids is 2. The number of fused-ring (bicyclic) bond motifs is 2. The van der Waals surface area contributed by atoms with Crippen LogP contribution in [0.15, 0.2) is 67.0 Å². The van der Waals surface area contributed by atoms with Gasteiger partial charge in [-0.25, -0.2) is 4.52 Å². The summed E-state index contributed by atoms with van der Waals surface area (Å²) in [5, 5.41) is 13.9. The molecule has 2 aromatic heterocycles. The van der Waals surface area contributed by atoms with Crippen LogP contribution in [0.4, 0.5) is 11.4 Å². The minimum atomic E-state index is -0.613. The molecule has 7 heteroatoms. The molecule has 0 aliphatic carbocycles. The Labute approximate surface area is 159 Å². The monoisotopic (exact) mass is 370 g/mol. The summed E-state index contributed by atoms with van der Waals surface area (Å²) in [4.78, 5) is 27.2. The smallest absolute Gasteiger partial charge is 0.263 e. The van der Waals surface area contributed by atoms with E-state index in [0.717, 1.165) is 0 Å². The summed E-state index contributed by atoms with van der Waals surface area (Å²) < 4.78 is 1.62. The highest BCUT2D eigenvalue weighted by Crippen LogP contribution is 2.43. The summed E-state index contributed by atoms with van der Waals surface area (Å²) in [6, 6.07) is 15.2. The van der Waals surface area contributed by atoms with Crippen LogP contribution in [0.3, 0.4) is 0 Å². The van der Waals surface area contributed by atoms with Crippen molar-refractivity contribution in [2.45, 2.75) is 0 Å². The van der Waals surface area contributed by atoms with Gasteiger partial charge in [0.15, 0.2) is 0 Å². The van der Waals surface area contributed by atoms with Crippen molar-refractivity contribution in [3.8, 4) is 16.9 Å². The summed E-state index contributed by atoms with van der Waals surface area (Å²) in [7, 11) is 0. The molecular weight excluding hydrogens is 356 g/mol. The topological polar surface area (TPSA) is 101 Å². The maximum Gasteiger partial charge on any atom is 0.263 e. The number of carbonyl (C=O) groups is 2. The molecule has 0 radical (unpaired) electrons. The highest BCUT2D eigenvalue weighted by molar-refractivity contribution is 6.22. The first-order valence-electron chi connectivity index (χ1n) is 8.59. The Balaban J connectivity index is 1.94. The first kappa shape index (κ1) is 16.1. The van der Waals surface area contributed by atoms with E-state index in [1.165, 1.54) is 18.3 Å². The third kappa shape index (κ3) is 2.13. The Bertz CT molecular complexity index is 1270. The lowest BCUT2D eigenvalue weighted by Crippen LogP contribution is -2.25. The van der Waals surface area contributed by atoms with E-state index in [4.69, 9.17) is 5.73 Å². The fourth-order valence-corrected chi connectivity index (χ4v) is 3.68. The van der Waals surface area contributed by atoms with E-state index < -0.39 is 5.91 Å².